The number of carbonyl (C=O) groups is 1. The highest BCUT2D eigenvalue weighted by atomic mass is 32.1. The summed E-state index contributed by atoms with van der Waals surface area (Å²) in [5.74, 6) is 0.535. The number of ether oxygens (including phenoxy) is 1. The molecule has 28 heavy (non-hydrogen) atoms. The van der Waals surface area contributed by atoms with Gasteiger partial charge in [-0.15, -0.1) is 0 Å². The van der Waals surface area contributed by atoms with E-state index in [0.29, 0.717) is 0 Å². The SMILES string of the molecule is Cc1cccc(OCC(=O)Nc2ccc(-c3nc4cccnc4s3)cc2)c1C. The molecule has 6 heteroatoms. The van der Waals surface area contributed by atoms with E-state index < -0.39 is 0 Å². The van der Waals surface area contributed by atoms with Crippen molar-refractivity contribution in [1.82, 2.24) is 9.97 Å². The minimum absolute atomic E-state index is 0.0322. The number of amides is 1. The van der Waals surface area contributed by atoms with Crippen LogP contribution >= 0.6 is 11.3 Å². The normalized spacial score (nSPS) is 10.8. The van der Waals surface area contributed by atoms with Gasteiger partial charge < -0.3 is 10.1 Å². The van der Waals surface area contributed by atoms with Gasteiger partial charge in [-0.2, -0.15) is 0 Å². The van der Waals surface area contributed by atoms with Gasteiger partial charge in [0, 0.05) is 17.4 Å². The number of nitrogens with one attached hydrogen (secondary N) is 1. The highest BCUT2D eigenvalue weighted by Gasteiger charge is 2.09. The molecule has 4 rings (SSSR count). The molecule has 2 heterocycles. The Kier molecular flexibility index (Phi) is 5.04. The van der Waals surface area contributed by atoms with Gasteiger partial charge in [-0.25, -0.2) is 9.97 Å². The lowest BCUT2D eigenvalue weighted by Gasteiger charge is -2.11. The van der Waals surface area contributed by atoms with Crippen molar-refractivity contribution in [3.63, 3.8) is 0 Å². The van der Waals surface area contributed by atoms with Gasteiger partial charge in [-0.3, -0.25) is 4.79 Å². The predicted molar refractivity (Wildman–Crippen MR) is 113 cm³/mol. The van der Waals surface area contributed by atoms with E-state index >= 15 is 0 Å². The van der Waals surface area contributed by atoms with Crippen molar-refractivity contribution in [2.75, 3.05) is 11.9 Å². The van der Waals surface area contributed by atoms with E-state index in [-0.39, 0.29) is 12.5 Å². The van der Waals surface area contributed by atoms with Crippen LogP contribution in [0.15, 0.2) is 60.8 Å². The second-order valence-corrected chi connectivity index (χ2v) is 7.44. The minimum atomic E-state index is -0.196. The monoisotopic (exact) mass is 389 g/mol. The molecule has 0 bridgehead atoms. The number of pyridine rings is 1. The average molecular weight is 389 g/mol. The minimum Gasteiger partial charge on any atom is -0.483 e. The van der Waals surface area contributed by atoms with Crippen molar-refractivity contribution >= 4 is 33.3 Å². The van der Waals surface area contributed by atoms with Gasteiger partial charge in [0.1, 0.15) is 21.1 Å². The first-order valence-electron chi connectivity index (χ1n) is 8.91. The van der Waals surface area contributed by atoms with E-state index in [4.69, 9.17) is 4.74 Å². The lowest BCUT2D eigenvalue weighted by atomic mass is 10.1. The number of fused-ring (bicyclic) bond motifs is 1. The standard InChI is InChI=1S/C22H19N3O2S/c1-14-5-3-7-19(15(14)2)27-13-20(26)24-17-10-8-16(9-11-17)21-25-18-6-4-12-23-22(18)28-21/h3-12H,13H2,1-2H3,(H,24,26). The van der Waals surface area contributed by atoms with Crippen LogP contribution in [0.3, 0.4) is 0 Å². The Morgan fingerprint density at radius 3 is 2.68 bits per heavy atom. The molecule has 5 nitrogen and oxygen atoms in total. The third-order valence-corrected chi connectivity index (χ3v) is 5.52. The number of rotatable bonds is 5. The largest absolute Gasteiger partial charge is 0.483 e. The highest BCUT2D eigenvalue weighted by Crippen LogP contribution is 2.29. The van der Waals surface area contributed by atoms with E-state index in [1.54, 1.807) is 17.5 Å². The van der Waals surface area contributed by atoms with Crippen molar-refractivity contribution < 1.29 is 9.53 Å². The van der Waals surface area contributed by atoms with Gasteiger partial charge in [-0.1, -0.05) is 23.5 Å². The highest BCUT2D eigenvalue weighted by molar-refractivity contribution is 7.21. The van der Waals surface area contributed by atoms with Crippen LogP contribution in [0.1, 0.15) is 11.1 Å². The first-order valence-corrected chi connectivity index (χ1v) is 9.72. The summed E-state index contributed by atoms with van der Waals surface area (Å²) in [5.41, 5.74) is 4.79. The molecule has 4 aromatic rings. The van der Waals surface area contributed by atoms with Gasteiger partial charge in [-0.05, 0) is 67.4 Å². The van der Waals surface area contributed by atoms with E-state index in [1.807, 2.05) is 68.4 Å². The fourth-order valence-corrected chi connectivity index (χ4v) is 3.72. The Balaban J connectivity index is 1.40. The molecule has 0 radical (unpaired) electrons. The molecule has 0 saturated heterocycles. The maximum atomic E-state index is 12.2. The third kappa shape index (κ3) is 3.87. The molecule has 1 N–H and O–H groups in total. The van der Waals surface area contributed by atoms with Crippen LogP contribution in [-0.4, -0.2) is 22.5 Å². The van der Waals surface area contributed by atoms with Crippen LogP contribution in [0.25, 0.3) is 20.9 Å². The molecule has 2 aromatic heterocycles. The lowest BCUT2D eigenvalue weighted by molar-refractivity contribution is -0.118. The summed E-state index contributed by atoms with van der Waals surface area (Å²) < 4.78 is 5.65. The Morgan fingerprint density at radius 2 is 1.89 bits per heavy atom. The Morgan fingerprint density at radius 1 is 1.07 bits per heavy atom. The number of aryl methyl sites for hydroxylation is 1. The third-order valence-electron chi connectivity index (χ3n) is 4.50. The maximum Gasteiger partial charge on any atom is 0.262 e. The molecule has 0 aliphatic heterocycles. The van der Waals surface area contributed by atoms with Crippen molar-refractivity contribution in [3.8, 4) is 16.3 Å². The Labute approximate surface area is 167 Å². The number of nitrogens with zero attached hydrogens (tertiary/aromatic N) is 2. The fraction of sp³-hybridized carbons (Fsp3) is 0.136. The number of benzene rings is 2. The van der Waals surface area contributed by atoms with Gasteiger partial charge in [0.15, 0.2) is 6.61 Å². The Bertz CT molecular complexity index is 1100. The molecule has 2 aromatic carbocycles. The zero-order valence-electron chi connectivity index (χ0n) is 15.6. The van der Waals surface area contributed by atoms with Crippen LogP contribution in [0.4, 0.5) is 5.69 Å². The first-order chi connectivity index (χ1) is 13.6. The second kappa shape index (κ2) is 7.78. The lowest BCUT2D eigenvalue weighted by Crippen LogP contribution is -2.20. The molecule has 0 aliphatic rings. The summed E-state index contributed by atoms with van der Waals surface area (Å²) >= 11 is 1.55. The van der Waals surface area contributed by atoms with Crippen LogP contribution in [-0.2, 0) is 4.79 Å². The summed E-state index contributed by atoms with van der Waals surface area (Å²) in [4.78, 5) is 22.0. The summed E-state index contributed by atoms with van der Waals surface area (Å²) in [6, 6.07) is 17.3. The summed E-state index contributed by atoms with van der Waals surface area (Å²) in [6.07, 6.45) is 1.77. The van der Waals surface area contributed by atoms with Gasteiger partial charge in [0.05, 0.1) is 0 Å². The summed E-state index contributed by atoms with van der Waals surface area (Å²) in [7, 11) is 0. The number of hydrogen-bond acceptors (Lipinski definition) is 5. The van der Waals surface area contributed by atoms with Crippen LogP contribution < -0.4 is 10.1 Å². The summed E-state index contributed by atoms with van der Waals surface area (Å²) in [6.45, 7) is 3.97. The number of thiazole rings is 1. The average Bonchev–Trinajstić information content (AvgIpc) is 3.14. The van der Waals surface area contributed by atoms with Gasteiger partial charge in [0.2, 0.25) is 0 Å². The van der Waals surface area contributed by atoms with Gasteiger partial charge >= 0.3 is 0 Å². The van der Waals surface area contributed by atoms with Crippen molar-refractivity contribution in [2.45, 2.75) is 13.8 Å². The fourth-order valence-electron chi connectivity index (χ4n) is 2.81. The van der Waals surface area contributed by atoms with Crippen LogP contribution in [0.5, 0.6) is 5.75 Å². The number of aromatic nitrogens is 2. The molecule has 140 valence electrons. The topological polar surface area (TPSA) is 64.1 Å². The maximum absolute atomic E-state index is 12.2. The Hall–Kier alpha value is -3.25. The molecule has 0 spiro atoms. The number of anilines is 1. The van der Waals surface area contributed by atoms with Gasteiger partial charge in [0.25, 0.3) is 5.91 Å². The zero-order valence-corrected chi connectivity index (χ0v) is 16.4. The molecule has 0 atom stereocenters. The molecular weight excluding hydrogens is 370 g/mol. The summed E-state index contributed by atoms with van der Waals surface area (Å²) in [5, 5.41) is 3.77. The van der Waals surface area contributed by atoms with Crippen LogP contribution in [0.2, 0.25) is 0 Å². The van der Waals surface area contributed by atoms with Crippen molar-refractivity contribution in [2.24, 2.45) is 0 Å². The smallest absolute Gasteiger partial charge is 0.262 e. The molecule has 0 aliphatic carbocycles. The van der Waals surface area contributed by atoms with E-state index in [1.165, 1.54) is 0 Å². The zero-order chi connectivity index (χ0) is 19.5. The molecule has 0 fully saturated rings. The predicted octanol–water partition coefficient (Wildman–Crippen LogP) is 4.99. The molecule has 0 saturated carbocycles. The van der Waals surface area contributed by atoms with E-state index in [9.17, 15) is 4.79 Å². The number of hydrogen-bond donors (Lipinski definition) is 1. The van der Waals surface area contributed by atoms with Crippen LogP contribution in [0, 0.1) is 13.8 Å². The second-order valence-electron chi connectivity index (χ2n) is 6.46. The molecular formula is C22H19N3O2S. The van der Waals surface area contributed by atoms with E-state index in [0.717, 1.165) is 43.5 Å². The molecule has 1 amide bonds. The van der Waals surface area contributed by atoms with Crippen molar-refractivity contribution in [3.05, 3.63) is 71.9 Å². The van der Waals surface area contributed by atoms with Crippen molar-refractivity contribution in [1.29, 1.82) is 0 Å². The van der Waals surface area contributed by atoms with E-state index in [2.05, 4.69) is 15.3 Å². The number of carbonyl (C=O) groups excluding carboxylic acids is 1. The quantitative estimate of drug-likeness (QED) is 0.522. The first kappa shape index (κ1) is 18.1. The molecule has 0 unspecified atom stereocenters.